The summed E-state index contributed by atoms with van der Waals surface area (Å²) in [4.78, 5) is 11.4. The number of benzene rings is 1. The summed E-state index contributed by atoms with van der Waals surface area (Å²) in [6, 6.07) is 3.33. The smallest absolute Gasteiger partial charge is 0.416 e. The van der Waals surface area contributed by atoms with E-state index in [9.17, 15) is 18.0 Å². The second-order valence-electron chi connectivity index (χ2n) is 3.35. The van der Waals surface area contributed by atoms with Crippen molar-refractivity contribution in [3.63, 3.8) is 0 Å². The molecule has 0 aliphatic heterocycles. The number of hydrogen-bond donors (Lipinski definition) is 0. The Kier molecular flexibility index (Phi) is 2.82. The fourth-order valence-electron chi connectivity index (χ4n) is 1.47. The molecule has 1 heterocycles. The monoisotopic (exact) mass is 260 g/mol. The highest BCUT2D eigenvalue weighted by Crippen LogP contribution is 2.34. The highest BCUT2D eigenvalue weighted by Gasteiger charge is 2.31. The Balaban J connectivity index is 2.62. The molecule has 0 saturated carbocycles. The van der Waals surface area contributed by atoms with E-state index in [1.54, 1.807) is 0 Å². The van der Waals surface area contributed by atoms with E-state index in [4.69, 9.17) is 0 Å². The van der Waals surface area contributed by atoms with E-state index in [1.807, 2.05) is 0 Å². The quantitative estimate of drug-likeness (QED) is 0.731. The van der Waals surface area contributed by atoms with Crippen molar-refractivity contribution >= 4 is 27.4 Å². The lowest BCUT2D eigenvalue weighted by atomic mass is 10.1. The van der Waals surface area contributed by atoms with Gasteiger partial charge in [-0.3, -0.25) is 0 Å². The third kappa shape index (κ3) is 2.12. The molecule has 0 radical (unpaired) electrons. The Bertz CT molecular complexity index is 572. The van der Waals surface area contributed by atoms with Crippen molar-refractivity contribution in [2.24, 2.45) is 0 Å². The molecule has 6 heteroatoms. The largest absolute Gasteiger partial charge is 0.465 e. The zero-order chi connectivity index (χ0) is 12.6. The van der Waals surface area contributed by atoms with Crippen LogP contribution >= 0.6 is 11.3 Å². The van der Waals surface area contributed by atoms with E-state index in [-0.39, 0.29) is 10.9 Å². The minimum atomic E-state index is -4.41. The Labute approximate surface area is 98.6 Å². The summed E-state index contributed by atoms with van der Waals surface area (Å²) in [7, 11) is 1.19. The molecule has 0 aliphatic rings. The molecule has 0 spiro atoms. The molecule has 0 amide bonds. The number of halogens is 3. The first-order chi connectivity index (χ1) is 7.93. The molecule has 2 aromatic rings. The Hall–Kier alpha value is -1.56. The number of ether oxygens (including phenoxy) is 1. The van der Waals surface area contributed by atoms with E-state index >= 15 is 0 Å². The molecular weight excluding hydrogens is 253 g/mol. The van der Waals surface area contributed by atoms with Crippen LogP contribution in [0, 0.1) is 0 Å². The molecule has 0 N–H and O–H groups in total. The van der Waals surface area contributed by atoms with Crippen LogP contribution in [0.2, 0.25) is 0 Å². The number of esters is 1. The molecule has 0 bridgehead atoms. The SMILES string of the molecule is COC(=O)c1csc2ccc(C(F)(F)F)cc12. The van der Waals surface area contributed by atoms with Crippen LogP contribution in [-0.4, -0.2) is 13.1 Å². The molecule has 0 unspecified atom stereocenters. The van der Waals surface area contributed by atoms with Gasteiger partial charge in [-0.05, 0) is 18.2 Å². The maximum absolute atomic E-state index is 12.5. The predicted octanol–water partition coefficient (Wildman–Crippen LogP) is 3.71. The lowest BCUT2D eigenvalue weighted by Crippen LogP contribution is -2.05. The predicted molar refractivity (Wildman–Crippen MR) is 58.2 cm³/mol. The minimum Gasteiger partial charge on any atom is -0.465 e. The van der Waals surface area contributed by atoms with Crippen LogP contribution in [0.15, 0.2) is 23.6 Å². The van der Waals surface area contributed by atoms with E-state index in [1.165, 1.54) is 29.9 Å². The van der Waals surface area contributed by atoms with Gasteiger partial charge in [0.2, 0.25) is 0 Å². The van der Waals surface area contributed by atoms with Gasteiger partial charge in [0.05, 0.1) is 18.2 Å². The zero-order valence-corrected chi connectivity index (χ0v) is 9.48. The van der Waals surface area contributed by atoms with Crippen molar-refractivity contribution < 1.29 is 22.7 Å². The van der Waals surface area contributed by atoms with Gasteiger partial charge in [0.1, 0.15) is 0 Å². The number of methoxy groups -OCH3 is 1. The summed E-state index contributed by atoms with van der Waals surface area (Å²) in [5.41, 5.74) is -0.604. The summed E-state index contributed by atoms with van der Waals surface area (Å²) in [6.45, 7) is 0. The fraction of sp³-hybridized carbons (Fsp3) is 0.182. The number of carbonyl (C=O) groups is 1. The number of alkyl halides is 3. The van der Waals surface area contributed by atoms with Crippen molar-refractivity contribution in [1.82, 2.24) is 0 Å². The minimum absolute atomic E-state index is 0.165. The second kappa shape index (κ2) is 4.03. The summed E-state index contributed by atoms with van der Waals surface area (Å²) in [5.74, 6) is -0.629. The maximum Gasteiger partial charge on any atom is 0.416 e. The first-order valence-electron chi connectivity index (χ1n) is 4.60. The van der Waals surface area contributed by atoms with Gasteiger partial charge < -0.3 is 4.74 Å². The molecule has 17 heavy (non-hydrogen) atoms. The highest BCUT2D eigenvalue weighted by molar-refractivity contribution is 7.17. The molecule has 0 aliphatic carbocycles. The van der Waals surface area contributed by atoms with Gasteiger partial charge in [0, 0.05) is 15.5 Å². The van der Waals surface area contributed by atoms with Crippen LogP contribution in [0.3, 0.4) is 0 Å². The van der Waals surface area contributed by atoms with Gasteiger partial charge in [-0.2, -0.15) is 13.2 Å². The van der Waals surface area contributed by atoms with E-state index in [0.717, 1.165) is 12.1 Å². The fourth-order valence-corrected chi connectivity index (χ4v) is 2.38. The first kappa shape index (κ1) is 11.9. The van der Waals surface area contributed by atoms with Crippen molar-refractivity contribution in [1.29, 1.82) is 0 Å². The number of hydrogen-bond acceptors (Lipinski definition) is 3. The van der Waals surface area contributed by atoms with E-state index < -0.39 is 17.7 Å². The van der Waals surface area contributed by atoms with Crippen molar-refractivity contribution in [3.8, 4) is 0 Å². The van der Waals surface area contributed by atoms with Gasteiger partial charge in [-0.15, -0.1) is 11.3 Å². The van der Waals surface area contributed by atoms with Crippen LogP contribution in [0.5, 0.6) is 0 Å². The third-order valence-electron chi connectivity index (χ3n) is 2.31. The van der Waals surface area contributed by atoms with Crippen molar-refractivity contribution in [2.45, 2.75) is 6.18 Å². The average Bonchev–Trinajstić information content (AvgIpc) is 2.69. The van der Waals surface area contributed by atoms with Gasteiger partial charge in [-0.25, -0.2) is 4.79 Å². The van der Waals surface area contributed by atoms with Gasteiger partial charge in [0.15, 0.2) is 0 Å². The zero-order valence-electron chi connectivity index (χ0n) is 8.67. The number of fused-ring (bicyclic) bond motifs is 1. The first-order valence-corrected chi connectivity index (χ1v) is 5.48. The maximum atomic E-state index is 12.5. The molecule has 1 aromatic carbocycles. The molecule has 90 valence electrons. The van der Waals surface area contributed by atoms with Gasteiger partial charge in [-0.1, -0.05) is 0 Å². The molecule has 1 aromatic heterocycles. The summed E-state index contributed by atoms with van der Waals surface area (Å²) < 4.78 is 42.7. The van der Waals surface area contributed by atoms with E-state index in [2.05, 4.69) is 4.74 Å². The number of rotatable bonds is 1. The summed E-state index contributed by atoms with van der Waals surface area (Å²) >= 11 is 1.21. The summed E-state index contributed by atoms with van der Waals surface area (Å²) in [6.07, 6.45) is -4.41. The Morgan fingerprint density at radius 2 is 2.06 bits per heavy atom. The molecular formula is C11H7F3O2S. The average molecular weight is 260 g/mol. The molecule has 0 saturated heterocycles. The second-order valence-corrected chi connectivity index (χ2v) is 4.26. The Morgan fingerprint density at radius 1 is 1.35 bits per heavy atom. The third-order valence-corrected chi connectivity index (χ3v) is 3.27. The number of thiophene rings is 1. The van der Waals surface area contributed by atoms with Crippen LogP contribution in [0.4, 0.5) is 13.2 Å². The molecule has 0 fully saturated rings. The highest BCUT2D eigenvalue weighted by atomic mass is 32.1. The van der Waals surface area contributed by atoms with Crippen LogP contribution in [-0.2, 0) is 10.9 Å². The topological polar surface area (TPSA) is 26.3 Å². The van der Waals surface area contributed by atoms with Gasteiger partial charge >= 0.3 is 12.1 Å². The van der Waals surface area contributed by atoms with E-state index in [0.29, 0.717) is 4.70 Å². The normalized spacial score (nSPS) is 11.8. The summed E-state index contributed by atoms with van der Waals surface area (Å²) in [5, 5.41) is 1.77. The van der Waals surface area contributed by atoms with Crippen molar-refractivity contribution in [2.75, 3.05) is 7.11 Å². The lowest BCUT2D eigenvalue weighted by molar-refractivity contribution is -0.137. The van der Waals surface area contributed by atoms with Crippen LogP contribution in [0.1, 0.15) is 15.9 Å². The lowest BCUT2D eigenvalue weighted by Gasteiger charge is -2.06. The molecule has 2 nitrogen and oxygen atoms in total. The van der Waals surface area contributed by atoms with Crippen LogP contribution in [0.25, 0.3) is 10.1 Å². The van der Waals surface area contributed by atoms with Gasteiger partial charge in [0.25, 0.3) is 0 Å². The molecule has 2 rings (SSSR count). The van der Waals surface area contributed by atoms with Crippen LogP contribution < -0.4 is 0 Å². The van der Waals surface area contributed by atoms with Crippen molar-refractivity contribution in [3.05, 3.63) is 34.7 Å². The Morgan fingerprint density at radius 3 is 2.65 bits per heavy atom. The molecule has 0 atom stereocenters. The number of carbonyl (C=O) groups excluding carboxylic acids is 1. The standard InChI is InChI=1S/C11H7F3O2S/c1-16-10(15)8-5-17-9-3-2-6(4-7(8)9)11(12,13)14/h2-5H,1H3.